The zero-order valence-electron chi connectivity index (χ0n) is 55.6. The van der Waals surface area contributed by atoms with Crippen LogP contribution in [0.15, 0.2) is 273 Å². The summed E-state index contributed by atoms with van der Waals surface area (Å²) in [7, 11) is 1.50. The third-order valence-electron chi connectivity index (χ3n) is 17.4. The van der Waals surface area contributed by atoms with Gasteiger partial charge in [0.1, 0.15) is 61.5 Å². The number of rotatable bonds is 31. The van der Waals surface area contributed by atoms with Crippen LogP contribution in [0.2, 0.25) is 0 Å². The highest BCUT2D eigenvalue weighted by molar-refractivity contribution is 5.90. The first-order valence-electron chi connectivity index (χ1n) is 33.6. The van der Waals surface area contributed by atoms with Crippen molar-refractivity contribution in [3.8, 4) is 0 Å². The van der Waals surface area contributed by atoms with Crippen molar-refractivity contribution in [1.82, 2.24) is 0 Å². The molecule has 0 unspecified atom stereocenters. The summed E-state index contributed by atoms with van der Waals surface area (Å²) in [6, 6.07) is 83.1. The molecule has 12 rings (SSSR count). The van der Waals surface area contributed by atoms with Gasteiger partial charge in [-0.1, -0.05) is 237 Å². The van der Waals surface area contributed by atoms with Crippen molar-refractivity contribution in [3.63, 3.8) is 0 Å². The van der Waals surface area contributed by atoms with Gasteiger partial charge in [0.15, 0.2) is 31.1 Å². The van der Waals surface area contributed by atoms with Crippen LogP contribution in [-0.2, 0) is 111 Å². The van der Waals surface area contributed by atoms with Gasteiger partial charge >= 0.3 is 17.9 Å². The number of carbonyl (C=O) groups excluding carboxylic acids is 3. The maximum Gasteiger partial charge on any atom is 0.338 e. The molecule has 0 amide bonds. The van der Waals surface area contributed by atoms with E-state index in [9.17, 15) is 4.79 Å². The van der Waals surface area contributed by atoms with Crippen molar-refractivity contribution >= 4 is 17.9 Å². The molecule has 15 atom stereocenters. The average Bonchev–Trinajstić information content (AvgIpc) is 0.755. The van der Waals surface area contributed by atoms with Gasteiger partial charge in [0.2, 0.25) is 0 Å². The minimum absolute atomic E-state index is 0.00820. The van der Waals surface area contributed by atoms with Crippen molar-refractivity contribution in [1.29, 1.82) is 0 Å². The number of methoxy groups -OCH3 is 1. The normalized spacial score (nSPS) is 25.1. The van der Waals surface area contributed by atoms with Crippen LogP contribution in [0.5, 0.6) is 0 Å². The van der Waals surface area contributed by atoms with Gasteiger partial charge in [0.25, 0.3) is 0 Å². The lowest BCUT2D eigenvalue weighted by Gasteiger charge is -2.51. The topological polar surface area (TPSA) is 190 Å². The second kappa shape index (κ2) is 36.3. The molecular weight excluding hydrogens is 1270 g/mol. The highest BCUT2D eigenvalue weighted by atomic mass is 16.8. The summed E-state index contributed by atoms with van der Waals surface area (Å²) in [5.74, 6) is -2.39. The number of ether oxygens (including phenoxy) is 15. The lowest BCUT2D eigenvalue weighted by molar-refractivity contribution is -0.386. The van der Waals surface area contributed by atoms with Crippen LogP contribution in [0, 0.1) is 0 Å². The first-order chi connectivity index (χ1) is 49.2. The van der Waals surface area contributed by atoms with Crippen molar-refractivity contribution in [2.24, 2.45) is 0 Å². The Bertz CT molecular complexity index is 3870. The Morgan fingerprint density at radius 3 is 1.02 bits per heavy atom. The van der Waals surface area contributed by atoms with E-state index in [-0.39, 0.29) is 62.9 Å². The zero-order valence-corrected chi connectivity index (χ0v) is 55.6. The minimum atomic E-state index is -1.74. The quantitative estimate of drug-likeness (QED) is 0.0294. The van der Waals surface area contributed by atoms with Crippen molar-refractivity contribution < 1.29 is 85.4 Å². The maximum atomic E-state index is 15.3. The molecular formula is C82H82O18. The molecule has 0 saturated carbocycles. The van der Waals surface area contributed by atoms with Crippen molar-refractivity contribution in [2.75, 3.05) is 20.3 Å². The van der Waals surface area contributed by atoms with Crippen LogP contribution in [0.3, 0.4) is 0 Å². The fourth-order valence-electron chi connectivity index (χ4n) is 12.3. The predicted octanol–water partition coefficient (Wildman–Crippen LogP) is 13.0. The molecule has 3 aliphatic heterocycles. The van der Waals surface area contributed by atoms with Gasteiger partial charge in [0.05, 0.1) is 69.0 Å². The van der Waals surface area contributed by atoms with Crippen LogP contribution in [0.4, 0.5) is 0 Å². The van der Waals surface area contributed by atoms with Gasteiger partial charge in [-0.05, 0) is 76.7 Å². The third kappa shape index (κ3) is 19.3. The van der Waals surface area contributed by atoms with E-state index in [2.05, 4.69) is 0 Å². The van der Waals surface area contributed by atoms with E-state index in [0.717, 1.165) is 33.4 Å². The van der Waals surface area contributed by atoms with E-state index >= 15 is 9.59 Å². The molecule has 3 fully saturated rings. The van der Waals surface area contributed by atoms with Crippen LogP contribution in [0.1, 0.15) is 71.4 Å². The molecule has 100 heavy (non-hydrogen) atoms. The summed E-state index contributed by atoms with van der Waals surface area (Å²) >= 11 is 0. The van der Waals surface area contributed by atoms with E-state index in [4.69, 9.17) is 71.1 Å². The summed E-state index contributed by atoms with van der Waals surface area (Å²) in [5, 5.41) is 0. The van der Waals surface area contributed by atoms with Gasteiger partial charge in [-0.3, -0.25) is 0 Å². The zero-order chi connectivity index (χ0) is 68.7. The first kappa shape index (κ1) is 70.8. The SMILES string of the molecule is CO[C@@H]1O[C@@H](C)[C@H](OCc2ccccc2)[C@@H](O[C@@H]2O[C@H](COC(=O)c3ccccc3)[C@@H](OC(=O)c3ccccc3)[C@H](O[C@H]3O[C@H](COCc4ccccc4)[C@H](OCc4ccccc4)[C@H](OCc4ccccc4)[C@H]3OCc3ccccc3)[C@H]2OC(=O)c2ccccc2)[C@H]1OCc1ccccc1. The molecule has 0 bridgehead atoms. The first-order valence-corrected chi connectivity index (χ1v) is 33.6. The number of hydrogen-bond donors (Lipinski definition) is 0. The predicted molar refractivity (Wildman–Crippen MR) is 368 cm³/mol. The maximum absolute atomic E-state index is 15.3. The molecule has 18 heteroatoms. The Labute approximate surface area is 582 Å². The lowest BCUT2D eigenvalue weighted by Crippen LogP contribution is -2.68. The highest BCUT2D eigenvalue weighted by Crippen LogP contribution is 2.40. The Morgan fingerprint density at radius 2 is 0.610 bits per heavy atom. The molecule has 3 heterocycles. The highest BCUT2D eigenvalue weighted by Gasteiger charge is 2.59. The number of esters is 3. The fraction of sp³-hybridized carbons (Fsp3) is 0.305. The average molecular weight is 1360 g/mol. The van der Waals surface area contributed by atoms with Gasteiger partial charge < -0.3 is 71.1 Å². The van der Waals surface area contributed by atoms with E-state index in [1.54, 1.807) is 91.0 Å². The van der Waals surface area contributed by atoms with Crippen LogP contribution < -0.4 is 0 Å². The molecule has 0 spiro atoms. The third-order valence-corrected chi connectivity index (χ3v) is 17.4. The molecule has 518 valence electrons. The standard InChI is InChI=1S/C82H82O18/c1-56-68(88-49-58-32-14-4-15-33-58)72(75(80(86-2)94-56)92-53-62-40-22-8-23-41-62)99-82-76(98-79(85)65-46-28-11-29-47-65)73(70(97-78(84)64-44-26-10-27-45-64)67(96-82)55-93-77(83)63-42-24-9-25-43-63)100-81-74(91-52-61-38-20-7-21-39-61)71(90-51-60-36-18-6-19-37-60)69(89-50-59-34-16-5-17-35-59)66(95-81)54-87-48-57-30-12-3-13-31-57/h3-47,56,66-76,80-82H,48-55H2,1-2H3/t56-,66+,67+,68-,69-,70+,71-,72+,73-,74+,75+,76+,80+,81+,82-/m0/s1. The summed E-state index contributed by atoms with van der Waals surface area (Å²) in [5.41, 5.74) is 5.63. The second-order valence-corrected chi connectivity index (χ2v) is 24.5. The summed E-state index contributed by atoms with van der Waals surface area (Å²) in [6.45, 7) is 1.76. The van der Waals surface area contributed by atoms with Crippen molar-refractivity contribution in [2.45, 2.75) is 139 Å². The van der Waals surface area contributed by atoms with E-state index in [1.165, 1.54) is 7.11 Å². The molecule has 9 aromatic carbocycles. The Morgan fingerprint density at radius 1 is 0.300 bits per heavy atom. The smallest absolute Gasteiger partial charge is 0.338 e. The summed E-state index contributed by atoms with van der Waals surface area (Å²) < 4.78 is 104. The fourth-order valence-corrected chi connectivity index (χ4v) is 12.3. The number of carbonyl (C=O) groups is 3. The van der Waals surface area contributed by atoms with Gasteiger partial charge in [0, 0.05) is 7.11 Å². The molecule has 9 aromatic rings. The second-order valence-electron chi connectivity index (χ2n) is 24.5. The van der Waals surface area contributed by atoms with Crippen molar-refractivity contribution in [3.05, 3.63) is 323 Å². The molecule has 3 saturated heterocycles. The van der Waals surface area contributed by atoms with E-state index in [1.807, 2.05) is 189 Å². The number of benzene rings is 9. The van der Waals surface area contributed by atoms with Gasteiger partial charge in [-0.15, -0.1) is 0 Å². The minimum Gasteiger partial charge on any atom is -0.459 e. The summed E-state index contributed by atoms with van der Waals surface area (Å²) in [6.07, 6.45) is -19.2. The van der Waals surface area contributed by atoms with Crippen LogP contribution in [-0.4, -0.2) is 130 Å². The Balaban J connectivity index is 1.02. The van der Waals surface area contributed by atoms with Crippen LogP contribution in [0.25, 0.3) is 0 Å². The molecule has 0 aromatic heterocycles. The molecule has 0 radical (unpaired) electrons. The van der Waals surface area contributed by atoms with Gasteiger partial charge in [-0.2, -0.15) is 0 Å². The Kier molecular flexibility index (Phi) is 25.7. The molecule has 0 aliphatic carbocycles. The monoisotopic (exact) mass is 1350 g/mol. The summed E-state index contributed by atoms with van der Waals surface area (Å²) in [4.78, 5) is 44.8. The molecule has 3 aliphatic rings. The largest absolute Gasteiger partial charge is 0.459 e. The number of hydrogen-bond acceptors (Lipinski definition) is 18. The molecule has 0 N–H and O–H groups in total. The Hall–Kier alpha value is -9.09. The lowest BCUT2D eigenvalue weighted by atomic mass is 9.95. The van der Waals surface area contributed by atoms with Gasteiger partial charge in [-0.25, -0.2) is 14.4 Å². The molecule has 18 nitrogen and oxygen atoms in total. The van der Waals surface area contributed by atoms with E-state index < -0.39 is 117 Å². The van der Waals surface area contributed by atoms with E-state index in [0.29, 0.717) is 0 Å². The van der Waals surface area contributed by atoms with Crippen LogP contribution >= 0.6 is 0 Å².